The van der Waals surface area contributed by atoms with Crippen LogP contribution in [0.5, 0.6) is 23.0 Å². The molecule has 0 unspecified atom stereocenters. The average Bonchev–Trinajstić information content (AvgIpc) is 3.34. The molecular weight excluding hydrogens is 540 g/mol. The van der Waals surface area contributed by atoms with Gasteiger partial charge in [-0.25, -0.2) is 9.13 Å². The Morgan fingerprint density at radius 1 is 0.895 bits per heavy atom. The lowest BCUT2D eigenvalue weighted by molar-refractivity contribution is 0.101. The molecule has 12 nitrogen and oxygen atoms in total. The van der Waals surface area contributed by atoms with Crippen LogP contribution in [-0.4, -0.2) is 37.5 Å². The van der Waals surface area contributed by atoms with Gasteiger partial charge in [-0.05, 0) is 29.8 Å². The number of carbonyl (C=O) groups excluding carboxylic acids is 1. The summed E-state index contributed by atoms with van der Waals surface area (Å²) < 4.78 is 43.1. The van der Waals surface area contributed by atoms with Crippen molar-refractivity contribution in [1.29, 1.82) is 0 Å². The fourth-order valence-corrected chi connectivity index (χ4v) is 4.86. The molecule has 5 N–H and O–H groups in total. The first-order valence-corrected chi connectivity index (χ1v) is 13.9. The molecule has 0 aliphatic carbocycles. The van der Waals surface area contributed by atoms with Gasteiger partial charge in [-0.15, -0.1) is 0 Å². The Morgan fingerprint density at radius 3 is 2.26 bits per heavy atom. The molecule has 0 bridgehead atoms. The molecule has 4 aromatic rings. The average molecular weight is 559 g/mol. The lowest BCUT2D eigenvalue weighted by atomic mass is 10.0. The number of hydrogen-bond donors (Lipinski definition) is 5. The van der Waals surface area contributed by atoms with Crippen LogP contribution in [0.25, 0.3) is 28.2 Å². The van der Waals surface area contributed by atoms with E-state index >= 15 is 0 Å². The second-order valence-corrected chi connectivity index (χ2v) is 10.4. The Kier molecular flexibility index (Phi) is 6.40. The molecule has 38 heavy (non-hydrogen) atoms. The number of nitrogens with one attached hydrogen (secondary N) is 1. The van der Waals surface area contributed by atoms with Gasteiger partial charge in [0.05, 0.1) is 12.8 Å². The van der Waals surface area contributed by atoms with Crippen LogP contribution in [0.3, 0.4) is 0 Å². The molecule has 0 fully saturated rings. The molecule has 0 atom stereocenters. The van der Waals surface area contributed by atoms with E-state index in [4.69, 9.17) is 19.3 Å². The van der Waals surface area contributed by atoms with Crippen LogP contribution in [0.1, 0.15) is 15.9 Å². The maximum Gasteiger partial charge on any atom is 0.524 e. The maximum atomic E-state index is 13.4. The molecule has 196 valence electrons. The summed E-state index contributed by atoms with van der Waals surface area (Å²) in [7, 11) is -8.72. The second-order valence-electron chi connectivity index (χ2n) is 8.09. The Hall–Kier alpha value is -3.89. The molecule has 0 amide bonds. The number of phosphoric ester groups is 2. The summed E-state index contributed by atoms with van der Waals surface area (Å²) in [6.45, 7) is 0. The van der Waals surface area contributed by atoms with Crippen molar-refractivity contribution in [2.24, 2.45) is 0 Å². The Labute approximate surface area is 214 Å². The van der Waals surface area contributed by atoms with Crippen molar-refractivity contribution in [3.63, 3.8) is 0 Å². The summed E-state index contributed by atoms with van der Waals surface area (Å²) in [5.74, 6) is -1.91. The van der Waals surface area contributed by atoms with Gasteiger partial charge in [0.1, 0.15) is 28.6 Å². The molecule has 1 aromatic heterocycles. The van der Waals surface area contributed by atoms with Crippen LogP contribution < -0.4 is 18.5 Å². The number of ether oxygens (including phenoxy) is 2. The minimum absolute atomic E-state index is 0.232. The van der Waals surface area contributed by atoms with Crippen LogP contribution in [-0.2, 0) is 9.13 Å². The highest BCUT2D eigenvalue weighted by Crippen LogP contribution is 2.50. The van der Waals surface area contributed by atoms with Gasteiger partial charge < -0.3 is 23.5 Å². The first kappa shape index (κ1) is 25.7. The minimum atomic E-state index is -5.18. The van der Waals surface area contributed by atoms with Gasteiger partial charge in [-0.3, -0.25) is 24.4 Å². The number of rotatable bonds is 7. The van der Waals surface area contributed by atoms with E-state index < -0.39 is 32.9 Å². The SMILES string of the molecule is COc1ccc2[nH]c(-c3ccccc3)c(/C=C3\Oc4cc(OP(=O)(O)O)cc(OP(=O)(O)O)c4C3=O)c2c1. The van der Waals surface area contributed by atoms with Gasteiger partial charge in [0, 0.05) is 28.6 Å². The first-order chi connectivity index (χ1) is 17.9. The van der Waals surface area contributed by atoms with Gasteiger partial charge in [0.2, 0.25) is 5.78 Å². The van der Waals surface area contributed by atoms with Gasteiger partial charge in [-0.2, -0.15) is 0 Å². The summed E-state index contributed by atoms with van der Waals surface area (Å²) in [6.07, 6.45) is 1.45. The molecule has 3 aromatic carbocycles. The van der Waals surface area contributed by atoms with Crippen LogP contribution in [0.2, 0.25) is 0 Å². The zero-order valence-electron chi connectivity index (χ0n) is 19.4. The number of phosphoric acid groups is 2. The summed E-state index contributed by atoms with van der Waals surface area (Å²) in [5.41, 5.74) is 2.41. The number of methoxy groups -OCH3 is 1. The van der Waals surface area contributed by atoms with E-state index in [1.54, 1.807) is 12.1 Å². The van der Waals surface area contributed by atoms with Crippen LogP contribution in [0.15, 0.2) is 66.4 Å². The van der Waals surface area contributed by atoms with E-state index in [9.17, 15) is 23.7 Å². The summed E-state index contributed by atoms with van der Waals surface area (Å²) in [6, 6.07) is 16.4. The molecule has 14 heteroatoms. The Morgan fingerprint density at radius 2 is 1.61 bits per heavy atom. The lowest BCUT2D eigenvalue weighted by Crippen LogP contribution is -2.01. The zero-order chi connectivity index (χ0) is 27.2. The predicted molar refractivity (Wildman–Crippen MR) is 135 cm³/mol. The van der Waals surface area contributed by atoms with E-state index in [0.29, 0.717) is 22.4 Å². The zero-order valence-corrected chi connectivity index (χ0v) is 21.2. The molecule has 1 aliphatic rings. The predicted octanol–water partition coefficient (Wildman–Crippen LogP) is 4.40. The molecule has 1 aliphatic heterocycles. The summed E-state index contributed by atoms with van der Waals surface area (Å²) >= 11 is 0. The highest BCUT2D eigenvalue weighted by Gasteiger charge is 2.36. The number of carbonyl (C=O) groups is 1. The van der Waals surface area contributed by atoms with Crippen molar-refractivity contribution in [2.75, 3.05) is 7.11 Å². The Bertz CT molecular complexity index is 1700. The van der Waals surface area contributed by atoms with Crippen molar-refractivity contribution in [2.45, 2.75) is 0 Å². The fourth-order valence-electron chi connectivity index (χ4n) is 4.08. The van der Waals surface area contributed by atoms with Gasteiger partial charge >= 0.3 is 15.6 Å². The quantitative estimate of drug-likeness (QED) is 0.160. The van der Waals surface area contributed by atoms with E-state index in [1.807, 2.05) is 36.4 Å². The molecule has 0 saturated heterocycles. The Balaban J connectivity index is 1.67. The van der Waals surface area contributed by atoms with Crippen molar-refractivity contribution < 1.29 is 52.0 Å². The smallest absolute Gasteiger partial charge is 0.497 e. The number of allylic oxidation sites excluding steroid dienone is 1. The number of aromatic nitrogens is 1. The highest BCUT2D eigenvalue weighted by atomic mass is 31.2. The van der Waals surface area contributed by atoms with Gasteiger partial charge in [-0.1, -0.05) is 30.3 Å². The third kappa shape index (κ3) is 5.23. The highest BCUT2D eigenvalue weighted by molar-refractivity contribution is 7.47. The molecule has 2 heterocycles. The molecule has 5 rings (SSSR count). The largest absolute Gasteiger partial charge is 0.524 e. The molecular formula is C24H19NO11P2. The topological polar surface area (TPSA) is 185 Å². The van der Waals surface area contributed by atoms with Crippen LogP contribution in [0, 0.1) is 0 Å². The standard InChI is InChI=1S/C24H19NO11P2/c1-33-14-7-8-18-16(9-14)17(23(25-18)13-5-3-2-4-6-13)12-21-24(26)22-19(34-21)10-15(35-37(27,28)29)11-20(22)36-38(30,31)32/h2-12,25H,1H3,(H2,27,28,29)(H2,30,31,32)/b21-12-. The molecule has 0 saturated carbocycles. The minimum Gasteiger partial charge on any atom is -0.497 e. The number of aromatic amines is 1. The number of hydrogen-bond acceptors (Lipinski definition) is 7. The molecule has 0 spiro atoms. The van der Waals surface area contributed by atoms with Crippen molar-refractivity contribution in [1.82, 2.24) is 4.98 Å². The number of fused-ring (bicyclic) bond motifs is 2. The second kappa shape index (κ2) is 9.45. The van der Waals surface area contributed by atoms with Crippen molar-refractivity contribution in [3.05, 3.63) is 77.5 Å². The molecule has 0 radical (unpaired) electrons. The van der Waals surface area contributed by atoms with Crippen molar-refractivity contribution >= 4 is 38.4 Å². The number of H-pyrrole nitrogens is 1. The summed E-state index contributed by atoms with van der Waals surface area (Å²) in [5, 5.41) is 0.695. The number of Topliss-reactive ketones (excluding diaryl/α,β-unsaturated/α-hetero) is 1. The first-order valence-electron chi connectivity index (χ1n) is 10.8. The van der Waals surface area contributed by atoms with Gasteiger partial charge in [0.25, 0.3) is 0 Å². The summed E-state index contributed by atoms with van der Waals surface area (Å²) in [4.78, 5) is 53.7. The van der Waals surface area contributed by atoms with Gasteiger partial charge in [0.15, 0.2) is 5.76 Å². The number of benzene rings is 3. The normalized spacial score (nSPS) is 14.4. The van der Waals surface area contributed by atoms with Crippen LogP contribution in [0.4, 0.5) is 0 Å². The van der Waals surface area contributed by atoms with E-state index in [1.165, 1.54) is 13.2 Å². The van der Waals surface area contributed by atoms with Crippen molar-refractivity contribution in [3.8, 4) is 34.3 Å². The maximum absolute atomic E-state index is 13.4. The van der Waals surface area contributed by atoms with Crippen LogP contribution >= 0.6 is 15.6 Å². The lowest BCUT2D eigenvalue weighted by Gasteiger charge is -2.12. The fraction of sp³-hybridized carbons (Fsp3) is 0.0417. The third-order valence-corrected chi connectivity index (χ3v) is 6.42. The van der Waals surface area contributed by atoms with E-state index in [0.717, 1.165) is 23.2 Å². The third-order valence-electron chi connectivity index (χ3n) is 5.54. The monoisotopic (exact) mass is 559 g/mol. The number of ketones is 1. The van der Waals surface area contributed by atoms with E-state index in [-0.39, 0.29) is 17.1 Å². The van der Waals surface area contributed by atoms with E-state index in [2.05, 4.69) is 14.0 Å².